The van der Waals surface area contributed by atoms with E-state index in [2.05, 4.69) is 143 Å². The maximum absolute atomic E-state index is 6.28. The third-order valence-electron chi connectivity index (χ3n) is 11.3. The van der Waals surface area contributed by atoms with Gasteiger partial charge in [0, 0.05) is 49.1 Å². The number of benzene rings is 8. The number of nitrogens with zero attached hydrogens (tertiary/aromatic N) is 3. The molecular formula is C51H32N4O2. The second kappa shape index (κ2) is 12.4. The van der Waals surface area contributed by atoms with E-state index in [4.69, 9.17) is 18.8 Å². The Labute approximate surface area is 326 Å². The molecule has 6 nitrogen and oxygen atoms in total. The molecule has 0 fully saturated rings. The van der Waals surface area contributed by atoms with Crippen LogP contribution in [0.4, 0.5) is 0 Å². The zero-order valence-corrected chi connectivity index (χ0v) is 30.6. The van der Waals surface area contributed by atoms with Crippen LogP contribution in [-0.2, 0) is 0 Å². The molecule has 0 bridgehead atoms. The number of aliphatic imine (C=N–C) groups is 2. The van der Waals surface area contributed by atoms with Crippen molar-refractivity contribution < 1.29 is 8.83 Å². The maximum Gasteiger partial charge on any atom is 0.159 e. The van der Waals surface area contributed by atoms with E-state index in [1.807, 2.05) is 48.5 Å². The zero-order valence-electron chi connectivity index (χ0n) is 30.6. The molecule has 8 aromatic carbocycles. The van der Waals surface area contributed by atoms with Crippen molar-refractivity contribution in [1.29, 1.82) is 0 Å². The summed E-state index contributed by atoms with van der Waals surface area (Å²) >= 11 is 0. The summed E-state index contributed by atoms with van der Waals surface area (Å²) in [7, 11) is 0. The van der Waals surface area contributed by atoms with Crippen molar-refractivity contribution in [3.63, 3.8) is 0 Å². The Balaban J connectivity index is 1.02. The molecule has 0 aliphatic carbocycles. The minimum absolute atomic E-state index is 0.341. The maximum atomic E-state index is 6.28. The van der Waals surface area contributed by atoms with Crippen molar-refractivity contribution >= 4 is 77.4 Å². The molecule has 11 aromatic rings. The van der Waals surface area contributed by atoms with Crippen LogP contribution in [0.1, 0.15) is 22.9 Å². The number of fused-ring (bicyclic) bond motifs is 9. The molecule has 1 aliphatic heterocycles. The number of rotatable bonds is 5. The molecule has 12 rings (SSSR count). The van der Waals surface area contributed by atoms with Gasteiger partial charge < -0.3 is 18.7 Å². The van der Waals surface area contributed by atoms with Crippen molar-refractivity contribution in [2.75, 3.05) is 0 Å². The predicted molar refractivity (Wildman–Crippen MR) is 233 cm³/mol. The van der Waals surface area contributed by atoms with Crippen molar-refractivity contribution in [3.8, 4) is 16.8 Å². The summed E-state index contributed by atoms with van der Waals surface area (Å²) in [5, 5.41) is 10.4. The summed E-state index contributed by atoms with van der Waals surface area (Å²) in [6.07, 6.45) is -0.341. The Hall–Kier alpha value is -7.70. The minimum Gasteiger partial charge on any atom is -0.456 e. The second-order valence-corrected chi connectivity index (χ2v) is 14.6. The number of amidine groups is 2. The average Bonchev–Trinajstić information content (AvgIpc) is 3.95. The topological polar surface area (TPSA) is 68.0 Å². The number of furan rings is 2. The minimum atomic E-state index is -0.341. The van der Waals surface area contributed by atoms with Crippen LogP contribution in [-0.4, -0.2) is 16.2 Å². The van der Waals surface area contributed by atoms with Gasteiger partial charge in [-0.05, 0) is 71.3 Å². The van der Waals surface area contributed by atoms with E-state index in [1.165, 1.54) is 10.8 Å². The monoisotopic (exact) mass is 732 g/mol. The SMILES string of the molecule is c1ccc(C2N=C(c3cccc(-n4c5ccccc5c5ccc(-c6ccc7oc8ccccc8c7c6)cc54)c3)N=C(c3cccc4oc5ccccc5c34)N2)cc1. The lowest BCUT2D eigenvalue weighted by atomic mass is 10.0. The summed E-state index contributed by atoms with van der Waals surface area (Å²) in [6.45, 7) is 0. The fraction of sp³-hybridized carbons (Fsp3) is 0.0196. The van der Waals surface area contributed by atoms with Gasteiger partial charge in [0.1, 0.15) is 34.3 Å². The molecule has 0 spiro atoms. The highest BCUT2D eigenvalue weighted by atomic mass is 16.3. The van der Waals surface area contributed by atoms with Crippen LogP contribution in [0.5, 0.6) is 0 Å². The van der Waals surface area contributed by atoms with Crippen molar-refractivity contribution in [1.82, 2.24) is 9.88 Å². The van der Waals surface area contributed by atoms with E-state index >= 15 is 0 Å². The van der Waals surface area contributed by atoms with E-state index in [9.17, 15) is 0 Å². The number of hydrogen-bond acceptors (Lipinski definition) is 5. The van der Waals surface area contributed by atoms with Gasteiger partial charge in [-0.15, -0.1) is 0 Å². The van der Waals surface area contributed by atoms with E-state index in [1.54, 1.807) is 0 Å². The fourth-order valence-electron chi connectivity index (χ4n) is 8.61. The van der Waals surface area contributed by atoms with Crippen molar-refractivity contribution in [3.05, 3.63) is 199 Å². The molecule has 1 N–H and O–H groups in total. The number of nitrogens with one attached hydrogen (secondary N) is 1. The molecular weight excluding hydrogens is 701 g/mol. The Bertz CT molecular complexity index is 3460. The third kappa shape index (κ3) is 5.04. The molecule has 0 saturated heterocycles. The lowest BCUT2D eigenvalue weighted by Crippen LogP contribution is -2.33. The summed E-state index contributed by atoms with van der Waals surface area (Å²) in [4.78, 5) is 10.5. The van der Waals surface area contributed by atoms with E-state index < -0.39 is 0 Å². The standard InChI is InChI=1S/C51H32N4O2/c1-2-12-31(13-3-1)49-52-50(54-51(53-49)40-19-11-23-47-48(40)39-18-6-9-22-45(39)57-47)34-14-10-15-35(28-34)55-42-20-7-4-16-36(42)37-26-24-33(30-43(37)55)32-25-27-46-41(29-32)38-17-5-8-21-44(38)56-46/h1-30,49H,(H,52,53,54). The van der Waals surface area contributed by atoms with E-state index in [-0.39, 0.29) is 6.17 Å². The summed E-state index contributed by atoms with van der Waals surface area (Å²) in [5.41, 5.74) is 12.0. The highest BCUT2D eigenvalue weighted by Gasteiger charge is 2.24. The smallest absolute Gasteiger partial charge is 0.159 e. The normalized spacial score (nSPS) is 14.5. The lowest BCUT2D eigenvalue weighted by Gasteiger charge is -2.24. The summed E-state index contributed by atoms with van der Waals surface area (Å²) in [6, 6.07) is 63.4. The van der Waals surface area contributed by atoms with Crippen LogP contribution in [0.15, 0.2) is 201 Å². The molecule has 0 radical (unpaired) electrons. The molecule has 0 saturated carbocycles. The molecule has 268 valence electrons. The van der Waals surface area contributed by atoms with E-state index in [0.717, 1.165) is 94.3 Å². The summed E-state index contributed by atoms with van der Waals surface area (Å²) in [5.74, 6) is 1.41. The van der Waals surface area contributed by atoms with Gasteiger partial charge in [0.25, 0.3) is 0 Å². The van der Waals surface area contributed by atoms with Gasteiger partial charge in [-0.2, -0.15) is 0 Å². The molecule has 0 amide bonds. The fourth-order valence-corrected chi connectivity index (χ4v) is 8.61. The van der Waals surface area contributed by atoms with Crippen LogP contribution >= 0.6 is 0 Å². The first-order chi connectivity index (χ1) is 28.2. The number of aromatic nitrogens is 1. The first-order valence-electron chi connectivity index (χ1n) is 19.2. The van der Waals surface area contributed by atoms with Gasteiger partial charge in [0.15, 0.2) is 5.84 Å². The predicted octanol–water partition coefficient (Wildman–Crippen LogP) is 12.7. The number of hydrogen-bond donors (Lipinski definition) is 1. The third-order valence-corrected chi connectivity index (χ3v) is 11.3. The Morgan fingerprint density at radius 3 is 2.02 bits per heavy atom. The first-order valence-corrected chi connectivity index (χ1v) is 19.2. The van der Waals surface area contributed by atoms with Crippen LogP contribution in [0.3, 0.4) is 0 Å². The molecule has 4 heterocycles. The van der Waals surface area contributed by atoms with Gasteiger partial charge in [0.05, 0.1) is 11.0 Å². The highest BCUT2D eigenvalue weighted by molar-refractivity contribution is 6.22. The first kappa shape index (κ1) is 31.6. The molecule has 1 atom stereocenters. The van der Waals surface area contributed by atoms with Gasteiger partial charge in [-0.25, -0.2) is 9.98 Å². The van der Waals surface area contributed by atoms with E-state index in [0.29, 0.717) is 5.84 Å². The zero-order chi connectivity index (χ0) is 37.5. The molecule has 3 aromatic heterocycles. The molecule has 1 aliphatic rings. The van der Waals surface area contributed by atoms with Crippen LogP contribution in [0, 0.1) is 0 Å². The van der Waals surface area contributed by atoms with Gasteiger partial charge in [-0.1, -0.05) is 127 Å². The largest absolute Gasteiger partial charge is 0.456 e. The van der Waals surface area contributed by atoms with Gasteiger partial charge in [0.2, 0.25) is 0 Å². The Kier molecular flexibility index (Phi) is 6.89. The van der Waals surface area contributed by atoms with Crippen molar-refractivity contribution in [2.45, 2.75) is 6.17 Å². The lowest BCUT2D eigenvalue weighted by molar-refractivity contribution is 0.667. The van der Waals surface area contributed by atoms with Crippen LogP contribution in [0.2, 0.25) is 0 Å². The highest BCUT2D eigenvalue weighted by Crippen LogP contribution is 2.38. The molecule has 6 heteroatoms. The quantitative estimate of drug-likeness (QED) is 0.192. The Morgan fingerprint density at radius 1 is 0.456 bits per heavy atom. The second-order valence-electron chi connectivity index (χ2n) is 14.6. The average molecular weight is 733 g/mol. The Morgan fingerprint density at radius 2 is 1.12 bits per heavy atom. The summed E-state index contributed by atoms with van der Waals surface area (Å²) < 4.78 is 14.8. The van der Waals surface area contributed by atoms with Gasteiger partial charge in [-0.3, -0.25) is 0 Å². The number of para-hydroxylation sites is 3. The van der Waals surface area contributed by atoms with Crippen LogP contribution in [0.25, 0.3) is 82.5 Å². The molecule has 57 heavy (non-hydrogen) atoms. The van der Waals surface area contributed by atoms with Crippen LogP contribution < -0.4 is 5.32 Å². The van der Waals surface area contributed by atoms with Gasteiger partial charge >= 0.3 is 0 Å². The van der Waals surface area contributed by atoms with Crippen molar-refractivity contribution in [2.24, 2.45) is 9.98 Å². The molecule has 1 unspecified atom stereocenters.